The maximum absolute atomic E-state index is 12.8. The minimum atomic E-state index is 0.180. The maximum atomic E-state index is 12.8. The molecule has 2 heterocycles. The minimum absolute atomic E-state index is 0.180. The van der Waals surface area contributed by atoms with Crippen molar-refractivity contribution in [2.45, 2.75) is 6.42 Å². The molecule has 1 aliphatic heterocycles. The lowest BCUT2D eigenvalue weighted by Gasteiger charge is -2.20. The Labute approximate surface area is 129 Å². The van der Waals surface area contributed by atoms with Crippen molar-refractivity contribution in [1.29, 1.82) is 0 Å². The lowest BCUT2D eigenvalue weighted by atomic mass is 10.1. The summed E-state index contributed by atoms with van der Waals surface area (Å²) in [5, 5.41) is 2.01. The molecule has 0 aliphatic carbocycles. The molecule has 0 spiro atoms. The van der Waals surface area contributed by atoms with Crippen LogP contribution in [0.4, 0.5) is 0 Å². The van der Waals surface area contributed by atoms with Crippen molar-refractivity contribution in [3.8, 4) is 11.1 Å². The molecular weight excluding hydrogens is 280 g/mol. The van der Waals surface area contributed by atoms with Crippen molar-refractivity contribution in [1.82, 2.24) is 9.80 Å². The lowest BCUT2D eigenvalue weighted by Crippen LogP contribution is -2.34. The number of carbonyl (C=O) groups is 1. The Morgan fingerprint density at radius 1 is 1.05 bits per heavy atom. The molecule has 21 heavy (non-hydrogen) atoms. The van der Waals surface area contributed by atoms with Crippen LogP contribution >= 0.6 is 11.3 Å². The van der Waals surface area contributed by atoms with E-state index in [-0.39, 0.29) is 5.91 Å². The summed E-state index contributed by atoms with van der Waals surface area (Å²) in [5.74, 6) is 0.180. The predicted molar refractivity (Wildman–Crippen MR) is 87.8 cm³/mol. The molecule has 0 saturated carbocycles. The number of rotatable bonds is 2. The summed E-state index contributed by atoms with van der Waals surface area (Å²) in [4.78, 5) is 18.0. The first-order chi connectivity index (χ1) is 10.3. The molecule has 2 aromatic rings. The van der Waals surface area contributed by atoms with Crippen molar-refractivity contribution in [3.63, 3.8) is 0 Å². The van der Waals surface area contributed by atoms with Crippen LogP contribution < -0.4 is 0 Å². The molecule has 3 rings (SSSR count). The van der Waals surface area contributed by atoms with Crippen molar-refractivity contribution in [2.24, 2.45) is 0 Å². The highest BCUT2D eigenvalue weighted by Gasteiger charge is 2.22. The fourth-order valence-corrected chi connectivity index (χ4v) is 3.60. The molecule has 1 aromatic carbocycles. The molecule has 0 unspecified atom stereocenters. The summed E-state index contributed by atoms with van der Waals surface area (Å²) in [6.07, 6.45) is 1.05. The first-order valence-corrected chi connectivity index (χ1v) is 8.24. The Hall–Kier alpha value is -1.65. The van der Waals surface area contributed by atoms with Crippen LogP contribution in [0.5, 0.6) is 0 Å². The average molecular weight is 300 g/mol. The molecule has 110 valence electrons. The summed E-state index contributed by atoms with van der Waals surface area (Å²) in [6.45, 7) is 3.70. The predicted octanol–water partition coefficient (Wildman–Crippen LogP) is 3.19. The van der Waals surface area contributed by atoms with Crippen LogP contribution in [0.1, 0.15) is 16.1 Å². The minimum Gasteiger partial charge on any atom is -0.337 e. The molecular formula is C17H20N2OS. The molecule has 3 nitrogen and oxygen atoms in total. The van der Waals surface area contributed by atoms with E-state index in [0.29, 0.717) is 0 Å². The van der Waals surface area contributed by atoms with Crippen LogP contribution in [0.3, 0.4) is 0 Å². The van der Waals surface area contributed by atoms with Crippen LogP contribution in [0.15, 0.2) is 41.8 Å². The fraction of sp³-hybridized carbons (Fsp3) is 0.353. The second-order valence-electron chi connectivity index (χ2n) is 5.48. The zero-order valence-electron chi connectivity index (χ0n) is 12.3. The molecule has 1 aromatic heterocycles. The summed E-state index contributed by atoms with van der Waals surface area (Å²) in [7, 11) is 2.12. The van der Waals surface area contributed by atoms with Gasteiger partial charge in [0, 0.05) is 25.2 Å². The van der Waals surface area contributed by atoms with Crippen LogP contribution in [0.2, 0.25) is 0 Å². The van der Waals surface area contributed by atoms with Crippen molar-refractivity contribution >= 4 is 17.2 Å². The van der Waals surface area contributed by atoms with Gasteiger partial charge in [-0.1, -0.05) is 30.3 Å². The van der Waals surface area contributed by atoms with Gasteiger partial charge in [-0.15, -0.1) is 11.3 Å². The maximum Gasteiger partial charge on any atom is 0.264 e. The topological polar surface area (TPSA) is 23.6 Å². The normalized spacial score (nSPS) is 16.7. The first-order valence-electron chi connectivity index (χ1n) is 7.36. The lowest BCUT2D eigenvalue weighted by molar-refractivity contribution is 0.0768. The first kappa shape index (κ1) is 14.3. The van der Waals surface area contributed by atoms with Crippen molar-refractivity contribution in [3.05, 3.63) is 46.7 Å². The van der Waals surface area contributed by atoms with E-state index in [1.54, 1.807) is 11.3 Å². The number of thiophene rings is 1. The third-order valence-corrected chi connectivity index (χ3v) is 4.85. The number of carbonyl (C=O) groups excluding carboxylic acids is 1. The Balaban J connectivity index is 1.84. The van der Waals surface area contributed by atoms with E-state index in [2.05, 4.69) is 30.1 Å². The smallest absolute Gasteiger partial charge is 0.264 e. The fourth-order valence-electron chi connectivity index (χ4n) is 2.71. The van der Waals surface area contributed by atoms with Gasteiger partial charge in [0.15, 0.2) is 0 Å². The van der Waals surface area contributed by atoms with E-state index >= 15 is 0 Å². The van der Waals surface area contributed by atoms with Gasteiger partial charge in [0.2, 0.25) is 0 Å². The van der Waals surface area contributed by atoms with Gasteiger partial charge >= 0.3 is 0 Å². The van der Waals surface area contributed by atoms with Gasteiger partial charge in [0.25, 0.3) is 5.91 Å². The summed E-state index contributed by atoms with van der Waals surface area (Å²) in [6, 6.07) is 12.2. The summed E-state index contributed by atoms with van der Waals surface area (Å²) >= 11 is 1.55. The Morgan fingerprint density at radius 3 is 2.67 bits per heavy atom. The second-order valence-corrected chi connectivity index (χ2v) is 6.39. The molecule has 4 heteroatoms. The van der Waals surface area contributed by atoms with Crippen LogP contribution in [-0.2, 0) is 0 Å². The van der Waals surface area contributed by atoms with E-state index in [0.717, 1.165) is 48.6 Å². The summed E-state index contributed by atoms with van der Waals surface area (Å²) in [5.41, 5.74) is 2.18. The molecule has 0 bridgehead atoms. The standard InChI is InChI=1S/C17H20N2OS/c1-18-9-5-10-19(12-11-18)17(20)16-15(8-13-21-16)14-6-3-2-4-7-14/h2-4,6-8,13H,5,9-12H2,1H3. The molecule has 0 N–H and O–H groups in total. The highest BCUT2D eigenvalue weighted by atomic mass is 32.1. The number of hydrogen-bond donors (Lipinski definition) is 0. The average Bonchev–Trinajstić information content (AvgIpc) is 2.90. The van der Waals surface area contributed by atoms with Gasteiger partial charge in [-0.25, -0.2) is 0 Å². The number of amides is 1. The van der Waals surface area contributed by atoms with E-state index in [4.69, 9.17) is 0 Å². The van der Waals surface area contributed by atoms with E-state index in [1.165, 1.54) is 0 Å². The molecule has 1 saturated heterocycles. The van der Waals surface area contributed by atoms with Gasteiger partial charge in [0.05, 0.1) is 4.88 Å². The van der Waals surface area contributed by atoms with Gasteiger partial charge in [-0.05, 0) is 37.0 Å². The third kappa shape index (κ3) is 3.17. The number of hydrogen-bond acceptors (Lipinski definition) is 3. The van der Waals surface area contributed by atoms with Crippen molar-refractivity contribution in [2.75, 3.05) is 33.2 Å². The number of nitrogens with zero attached hydrogens (tertiary/aromatic N) is 2. The number of benzene rings is 1. The second kappa shape index (κ2) is 6.41. The van der Waals surface area contributed by atoms with E-state index in [9.17, 15) is 4.79 Å². The monoisotopic (exact) mass is 300 g/mol. The van der Waals surface area contributed by atoms with Gasteiger partial charge in [-0.3, -0.25) is 4.79 Å². The van der Waals surface area contributed by atoms with E-state index in [1.807, 2.05) is 28.5 Å². The SMILES string of the molecule is CN1CCCN(C(=O)c2sccc2-c2ccccc2)CC1. The zero-order valence-corrected chi connectivity index (χ0v) is 13.1. The highest BCUT2D eigenvalue weighted by Crippen LogP contribution is 2.29. The molecule has 0 radical (unpaired) electrons. The van der Waals surface area contributed by atoms with Crippen LogP contribution in [0.25, 0.3) is 11.1 Å². The third-order valence-electron chi connectivity index (χ3n) is 3.95. The van der Waals surface area contributed by atoms with Gasteiger partial charge in [0.1, 0.15) is 0 Å². The van der Waals surface area contributed by atoms with Crippen LogP contribution in [0, 0.1) is 0 Å². The van der Waals surface area contributed by atoms with Gasteiger partial charge in [-0.2, -0.15) is 0 Å². The van der Waals surface area contributed by atoms with Crippen LogP contribution in [-0.4, -0.2) is 48.9 Å². The Kier molecular flexibility index (Phi) is 4.36. The molecule has 1 amide bonds. The Morgan fingerprint density at radius 2 is 1.86 bits per heavy atom. The summed E-state index contributed by atoms with van der Waals surface area (Å²) < 4.78 is 0. The van der Waals surface area contributed by atoms with Gasteiger partial charge < -0.3 is 9.80 Å². The Bertz CT molecular complexity index is 608. The number of likely N-dealkylation sites (N-methyl/N-ethyl adjacent to an activating group) is 1. The largest absolute Gasteiger partial charge is 0.337 e. The zero-order chi connectivity index (χ0) is 14.7. The quantitative estimate of drug-likeness (QED) is 0.850. The highest BCUT2D eigenvalue weighted by molar-refractivity contribution is 7.12. The van der Waals surface area contributed by atoms with E-state index < -0.39 is 0 Å². The molecule has 1 aliphatic rings. The molecule has 1 fully saturated rings. The van der Waals surface area contributed by atoms with Crippen molar-refractivity contribution < 1.29 is 4.79 Å². The molecule has 0 atom stereocenters.